The lowest BCUT2D eigenvalue weighted by atomic mass is 9.80. The van der Waals surface area contributed by atoms with Crippen LogP contribution in [0.2, 0.25) is 0 Å². The van der Waals surface area contributed by atoms with Crippen LogP contribution in [0, 0.1) is 11.8 Å². The average molecular weight is 657 g/mol. The van der Waals surface area contributed by atoms with Gasteiger partial charge in [0, 0.05) is 58.0 Å². The Labute approximate surface area is 269 Å². The molecule has 1 N–H and O–H groups in total. The number of aromatic nitrogens is 4. The molecule has 46 heavy (non-hydrogen) atoms. The van der Waals surface area contributed by atoms with Gasteiger partial charge in [-0.3, -0.25) is 19.1 Å². The smallest absolute Gasteiger partial charge is 0.257 e. The van der Waals surface area contributed by atoms with Gasteiger partial charge in [0.1, 0.15) is 11.6 Å². The zero-order valence-corrected chi connectivity index (χ0v) is 27.1. The van der Waals surface area contributed by atoms with E-state index in [0.29, 0.717) is 44.6 Å². The Bertz CT molecular complexity index is 1500. The first kappa shape index (κ1) is 32.4. The molecule has 4 aliphatic heterocycles. The van der Waals surface area contributed by atoms with Crippen LogP contribution in [0.4, 0.5) is 0 Å². The number of amides is 3. The van der Waals surface area contributed by atoms with Crippen molar-refractivity contribution in [1.82, 2.24) is 40.0 Å². The van der Waals surface area contributed by atoms with E-state index in [2.05, 4.69) is 25.5 Å². The summed E-state index contributed by atoms with van der Waals surface area (Å²) in [4.78, 5) is 50.9. The van der Waals surface area contributed by atoms with Crippen LogP contribution in [0.5, 0.6) is 5.88 Å². The van der Waals surface area contributed by atoms with Gasteiger partial charge < -0.3 is 24.8 Å². The minimum Gasteiger partial charge on any atom is -0.477 e. The van der Waals surface area contributed by atoms with E-state index in [1.165, 1.54) is 19.3 Å². The van der Waals surface area contributed by atoms with E-state index in [-0.39, 0.29) is 72.7 Å². The lowest BCUT2D eigenvalue weighted by molar-refractivity contribution is -0.137. The van der Waals surface area contributed by atoms with Crippen molar-refractivity contribution in [2.45, 2.75) is 57.5 Å². The number of carbonyl (C=O) groups excluding carboxylic acids is 3. The Kier molecular flexibility index (Phi) is 10.2. The second kappa shape index (κ2) is 14.4. The third-order valence-corrected chi connectivity index (χ3v) is 11.4. The average Bonchev–Trinajstić information content (AvgIpc) is 3.51. The highest BCUT2D eigenvalue weighted by atomic mass is 32.2. The summed E-state index contributed by atoms with van der Waals surface area (Å²) in [6, 6.07) is 2.41. The molecule has 0 spiro atoms. The number of nitrogens with zero attached hydrogens (tertiary/aromatic N) is 7. The maximum absolute atomic E-state index is 14.1. The normalized spacial score (nSPS) is 25.9. The molecule has 2 aromatic heterocycles. The van der Waals surface area contributed by atoms with E-state index >= 15 is 0 Å². The molecule has 0 saturated carbocycles. The Morgan fingerprint density at radius 2 is 1.83 bits per heavy atom. The van der Waals surface area contributed by atoms with Gasteiger partial charge in [0.05, 0.1) is 30.4 Å². The molecule has 6 rings (SSSR count). The molecule has 250 valence electrons. The summed E-state index contributed by atoms with van der Waals surface area (Å²) < 4.78 is 31.6. The van der Waals surface area contributed by atoms with E-state index in [4.69, 9.17) is 4.74 Å². The lowest BCUT2D eigenvalue weighted by Gasteiger charge is -2.41. The summed E-state index contributed by atoms with van der Waals surface area (Å²) in [5.41, 5.74) is 0.866. The van der Waals surface area contributed by atoms with Crippen LogP contribution >= 0.6 is 0 Å². The second-order valence-corrected chi connectivity index (χ2v) is 15.2. The third-order valence-electron chi connectivity index (χ3n) is 9.78. The summed E-state index contributed by atoms with van der Waals surface area (Å²) in [6.45, 7) is 5.39. The van der Waals surface area contributed by atoms with E-state index in [1.807, 2.05) is 6.20 Å². The van der Waals surface area contributed by atoms with E-state index in [9.17, 15) is 22.8 Å². The molecular formula is C31H44N8O6S. The molecule has 0 aliphatic carbocycles. The molecule has 3 atom stereocenters. The molecule has 15 heteroatoms. The highest BCUT2D eigenvalue weighted by Gasteiger charge is 2.38. The molecule has 2 bridgehead atoms. The van der Waals surface area contributed by atoms with Gasteiger partial charge in [-0.25, -0.2) is 13.4 Å². The van der Waals surface area contributed by atoms with Crippen molar-refractivity contribution < 1.29 is 27.5 Å². The zero-order valence-electron chi connectivity index (χ0n) is 26.3. The van der Waals surface area contributed by atoms with Crippen molar-refractivity contribution in [3.05, 3.63) is 35.8 Å². The summed E-state index contributed by atoms with van der Waals surface area (Å²) in [6.07, 6.45) is 8.80. The Hall–Kier alpha value is -3.59. The fraction of sp³-hybridized carbons (Fsp3) is 0.677. The van der Waals surface area contributed by atoms with Crippen molar-refractivity contribution in [1.29, 1.82) is 0 Å². The first-order valence-corrected chi connectivity index (χ1v) is 18.3. The van der Waals surface area contributed by atoms with Crippen LogP contribution in [0.25, 0.3) is 0 Å². The van der Waals surface area contributed by atoms with Crippen molar-refractivity contribution in [2.24, 2.45) is 11.8 Å². The quantitative estimate of drug-likeness (QED) is 0.442. The maximum Gasteiger partial charge on any atom is 0.257 e. The van der Waals surface area contributed by atoms with Gasteiger partial charge in [-0.15, -0.1) is 5.10 Å². The van der Waals surface area contributed by atoms with E-state index in [1.54, 1.807) is 32.8 Å². The fourth-order valence-corrected chi connectivity index (χ4v) is 8.21. The molecule has 0 aromatic carbocycles. The number of rotatable bonds is 7. The summed E-state index contributed by atoms with van der Waals surface area (Å²) >= 11 is 0. The van der Waals surface area contributed by atoms with Crippen LogP contribution in [-0.2, 0) is 32.4 Å². The van der Waals surface area contributed by atoms with Crippen molar-refractivity contribution in [3.63, 3.8) is 0 Å². The van der Waals surface area contributed by atoms with Crippen molar-refractivity contribution in [3.8, 4) is 5.88 Å². The SMILES string of the molecule is O=C1N[C@H](Cc2cn(CCN3CCCCC3)nn2)C(=O)N2CC[C@@H](CC(=O)N3CCS(=O)(=O)CC3)[C@@H](CCOc3ncccc31)C2. The number of carbonyl (C=O) groups is 3. The van der Waals surface area contributed by atoms with Gasteiger partial charge in [-0.1, -0.05) is 11.6 Å². The van der Waals surface area contributed by atoms with Gasteiger partial charge in [0.2, 0.25) is 17.7 Å². The second-order valence-electron chi connectivity index (χ2n) is 12.9. The maximum atomic E-state index is 14.1. The molecule has 3 amide bonds. The molecule has 14 nitrogen and oxygen atoms in total. The van der Waals surface area contributed by atoms with Crippen LogP contribution in [0.3, 0.4) is 0 Å². The topological polar surface area (TPSA) is 160 Å². The molecule has 3 fully saturated rings. The number of ether oxygens (including phenoxy) is 1. The first-order chi connectivity index (χ1) is 22.2. The summed E-state index contributed by atoms with van der Waals surface area (Å²) in [7, 11) is -3.09. The van der Waals surface area contributed by atoms with Crippen LogP contribution < -0.4 is 10.1 Å². The minimum atomic E-state index is -3.09. The van der Waals surface area contributed by atoms with Gasteiger partial charge in [-0.05, 0) is 62.7 Å². The zero-order chi connectivity index (χ0) is 32.1. The highest BCUT2D eigenvalue weighted by molar-refractivity contribution is 7.91. The Morgan fingerprint density at radius 3 is 2.63 bits per heavy atom. The molecule has 3 saturated heterocycles. The minimum absolute atomic E-state index is 0.00528. The third kappa shape index (κ3) is 8.03. The van der Waals surface area contributed by atoms with Crippen LogP contribution in [0.1, 0.15) is 54.6 Å². The van der Waals surface area contributed by atoms with Crippen molar-refractivity contribution in [2.75, 3.05) is 63.9 Å². The van der Waals surface area contributed by atoms with Gasteiger partial charge >= 0.3 is 0 Å². The van der Waals surface area contributed by atoms with Crippen LogP contribution in [0.15, 0.2) is 24.5 Å². The molecule has 0 unspecified atom stereocenters. The van der Waals surface area contributed by atoms with E-state index < -0.39 is 21.8 Å². The van der Waals surface area contributed by atoms with Gasteiger partial charge in [0.15, 0.2) is 9.84 Å². The van der Waals surface area contributed by atoms with Gasteiger partial charge in [-0.2, -0.15) is 0 Å². The number of hydrogen-bond acceptors (Lipinski definition) is 10. The number of piperidine rings is 2. The summed E-state index contributed by atoms with van der Waals surface area (Å²) in [5.74, 6) is -0.508. The van der Waals surface area contributed by atoms with E-state index in [0.717, 1.165) is 19.6 Å². The summed E-state index contributed by atoms with van der Waals surface area (Å²) in [5, 5.41) is 11.6. The molecule has 2 aromatic rings. The number of fused-ring (bicyclic) bond motifs is 3. The molecular weight excluding hydrogens is 612 g/mol. The predicted molar refractivity (Wildman–Crippen MR) is 168 cm³/mol. The number of likely N-dealkylation sites (tertiary alicyclic amines) is 1. The molecule has 6 heterocycles. The Balaban J connectivity index is 1.17. The van der Waals surface area contributed by atoms with Crippen molar-refractivity contribution >= 4 is 27.6 Å². The number of hydrogen-bond donors (Lipinski definition) is 1. The molecule has 0 radical (unpaired) electrons. The number of nitrogens with one attached hydrogen (secondary N) is 1. The standard InChI is InChI=1S/C31H44N8O6S/c40-28(37-14-17-46(43,44)18-15-37)19-23-6-11-38-21-24(23)7-16-45-30-26(5-4-8-32-30)29(41)33-27(31(38)42)20-25-22-39(35-34-25)13-12-36-9-2-1-3-10-36/h4-5,8,22-24,27H,1-3,6-7,9-21H2,(H,33,41)/t23-,24-,27+/m0/s1. The number of sulfone groups is 1. The Morgan fingerprint density at radius 1 is 1.02 bits per heavy atom. The molecule has 4 aliphatic rings. The fourth-order valence-electron chi connectivity index (χ4n) is 7.01. The largest absolute Gasteiger partial charge is 0.477 e. The monoisotopic (exact) mass is 656 g/mol. The first-order valence-electron chi connectivity index (χ1n) is 16.5. The number of pyridine rings is 1. The predicted octanol–water partition coefficient (Wildman–Crippen LogP) is 0.394. The highest BCUT2D eigenvalue weighted by Crippen LogP contribution is 2.31. The lowest BCUT2D eigenvalue weighted by Crippen LogP contribution is -2.54. The van der Waals surface area contributed by atoms with Crippen LogP contribution in [-0.4, -0.2) is 131 Å². The van der Waals surface area contributed by atoms with Gasteiger partial charge in [0.25, 0.3) is 5.91 Å².